The van der Waals surface area contributed by atoms with Crippen molar-refractivity contribution in [2.24, 2.45) is 0 Å². The van der Waals surface area contributed by atoms with Crippen LogP contribution in [-0.4, -0.2) is 6.71 Å². The van der Waals surface area contributed by atoms with Gasteiger partial charge < -0.3 is 9.80 Å². The normalized spacial score (nSPS) is 13.7. The molecule has 2 nitrogen and oxygen atoms in total. The van der Waals surface area contributed by atoms with Crippen molar-refractivity contribution in [2.45, 2.75) is 78.6 Å². The third-order valence-corrected chi connectivity index (χ3v) is 13.9. The van der Waals surface area contributed by atoms with E-state index < -0.39 is 0 Å². The molecule has 0 N–H and O–H groups in total. The zero-order valence-electron chi connectivity index (χ0n) is 38.1. The van der Waals surface area contributed by atoms with E-state index in [2.05, 4.69) is 242 Å². The van der Waals surface area contributed by atoms with E-state index in [1.165, 1.54) is 111 Å². The molecule has 0 radical (unpaired) electrons. The standard InChI is InChI=1S/C60H55BN2/c1-58(2,3)39-26-30-42(31-27-39)62-53-33-28-40(59(4,5)6)36-50(53)61-51-37-41(60(7,8)9)29-34-54(51)63(56-24-16-23-55(62)57(56)61)52-22-15-14-17-43(52)38-25-32-48-46-20-11-10-18-44(46)45-19-12-13-21-47(45)49(48)35-38/h10-37H,1-9H3. The second-order valence-corrected chi connectivity index (χ2v) is 21.0. The van der Waals surface area contributed by atoms with Crippen molar-refractivity contribution in [2.75, 3.05) is 9.80 Å². The Labute approximate surface area is 373 Å². The molecule has 2 heterocycles. The smallest absolute Gasteiger partial charge is 0.252 e. The average molecular weight is 815 g/mol. The van der Waals surface area contributed by atoms with E-state index in [0.29, 0.717) is 0 Å². The lowest BCUT2D eigenvalue weighted by molar-refractivity contribution is 0.590. The van der Waals surface area contributed by atoms with Crippen molar-refractivity contribution in [3.05, 3.63) is 187 Å². The van der Waals surface area contributed by atoms with Gasteiger partial charge >= 0.3 is 0 Å². The van der Waals surface area contributed by atoms with E-state index in [1.54, 1.807) is 0 Å². The van der Waals surface area contributed by atoms with Crippen molar-refractivity contribution in [3.8, 4) is 11.1 Å². The molecule has 0 aliphatic carbocycles. The summed E-state index contributed by atoms with van der Waals surface area (Å²) in [5, 5.41) is 7.73. The topological polar surface area (TPSA) is 6.48 Å². The number of hydrogen-bond acceptors (Lipinski definition) is 2. The van der Waals surface area contributed by atoms with Crippen LogP contribution >= 0.6 is 0 Å². The number of rotatable bonds is 3. The van der Waals surface area contributed by atoms with Gasteiger partial charge in [-0.05, 0) is 136 Å². The van der Waals surface area contributed by atoms with Crippen LogP contribution in [0.15, 0.2) is 170 Å². The fourth-order valence-corrected chi connectivity index (χ4v) is 10.5. The highest BCUT2D eigenvalue weighted by Crippen LogP contribution is 2.48. The molecule has 0 spiro atoms. The van der Waals surface area contributed by atoms with E-state index in [9.17, 15) is 0 Å². The Morgan fingerprint density at radius 1 is 0.333 bits per heavy atom. The van der Waals surface area contributed by atoms with Gasteiger partial charge in [-0.2, -0.15) is 0 Å². The van der Waals surface area contributed by atoms with E-state index in [1.807, 2.05) is 0 Å². The number of anilines is 6. The first-order valence-corrected chi connectivity index (χ1v) is 22.7. The summed E-state index contributed by atoms with van der Waals surface area (Å²) in [6, 6.07) is 64.8. The maximum absolute atomic E-state index is 2.58. The number of fused-ring (bicyclic) bond motifs is 10. The maximum atomic E-state index is 2.58. The molecule has 0 bridgehead atoms. The van der Waals surface area contributed by atoms with Crippen molar-refractivity contribution in [1.82, 2.24) is 0 Å². The molecule has 0 aromatic heterocycles. The Hall–Kier alpha value is -6.58. The molecule has 0 atom stereocenters. The molecule has 9 aromatic rings. The first-order valence-electron chi connectivity index (χ1n) is 22.7. The summed E-state index contributed by atoms with van der Waals surface area (Å²) in [6.45, 7) is 21.0. The average Bonchev–Trinajstić information content (AvgIpc) is 3.27. The summed E-state index contributed by atoms with van der Waals surface area (Å²) in [4.78, 5) is 5.11. The largest absolute Gasteiger partial charge is 0.311 e. The van der Waals surface area contributed by atoms with Crippen LogP contribution < -0.4 is 26.2 Å². The van der Waals surface area contributed by atoms with E-state index in [0.717, 1.165) is 0 Å². The van der Waals surface area contributed by atoms with E-state index in [-0.39, 0.29) is 23.0 Å². The minimum absolute atomic E-state index is 0.0127. The predicted molar refractivity (Wildman–Crippen MR) is 275 cm³/mol. The van der Waals surface area contributed by atoms with Crippen molar-refractivity contribution >= 4 is 89.5 Å². The SMILES string of the molecule is CC(C)(C)c1ccc(N2c3ccc(C(C)(C)C)cc3B3c4cc(C(C)(C)C)ccc4N(c4ccccc4-c4ccc5c6ccccc6c6ccccc6c5c4)c4cccc2c43)cc1. The third kappa shape index (κ3) is 6.22. The van der Waals surface area contributed by atoms with Gasteiger partial charge in [0.1, 0.15) is 0 Å². The summed E-state index contributed by atoms with van der Waals surface area (Å²) < 4.78 is 0. The van der Waals surface area contributed by atoms with Crippen LogP contribution in [-0.2, 0) is 16.2 Å². The number of nitrogens with zero attached hydrogens (tertiary/aromatic N) is 2. The number of hydrogen-bond donors (Lipinski definition) is 0. The van der Waals surface area contributed by atoms with Crippen LogP contribution in [0.25, 0.3) is 43.4 Å². The fourth-order valence-electron chi connectivity index (χ4n) is 10.5. The molecule has 0 amide bonds. The molecule has 0 unspecified atom stereocenters. The number of para-hydroxylation sites is 1. The van der Waals surface area contributed by atoms with Crippen LogP contribution in [0.4, 0.5) is 34.1 Å². The zero-order valence-corrected chi connectivity index (χ0v) is 38.1. The van der Waals surface area contributed by atoms with Gasteiger partial charge in [-0.25, -0.2) is 0 Å². The lowest BCUT2D eigenvalue weighted by atomic mass is 9.33. The summed E-state index contributed by atoms with van der Waals surface area (Å²) in [7, 11) is 0. The lowest BCUT2D eigenvalue weighted by Crippen LogP contribution is -2.61. The second kappa shape index (κ2) is 14.0. The Morgan fingerprint density at radius 2 is 0.778 bits per heavy atom. The first-order chi connectivity index (χ1) is 30.2. The highest BCUT2D eigenvalue weighted by Gasteiger charge is 2.44. The molecule has 11 rings (SSSR count). The summed E-state index contributed by atoms with van der Waals surface area (Å²) in [6.07, 6.45) is 0. The minimum Gasteiger partial charge on any atom is -0.311 e. The van der Waals surface area contributed by atoms with E-state index >= 15 is 0 Å². The van der Waals surface area contributed by atoms with Gasteiger partial charge in [0.05, 0.1) is 5.69 Å². The Morgan fingerprint density at radius 3 is 1.33 bits per heavy atom. The van der Waals surface area contributed by atoms with Crippen molar-refractivity contribution in [1.29, 1.82) is 0 Å². The maximum Gasteiger partial charge on any atom is 0.252 e. The van der Waals surface area contributed by atoms with Gasteiger partial charge in [-0.15, -0.1) is 0 Å². The number of benzene rings is 9. The monoisotopic (exact) mass is 814 g/mol. The second-order valence-electron chi connectivity index (χ2n) is 21.0. The Bertz CT molecular complexity index is 3270. The lowest BCUT2D eigenvalue weighted by Gasteiger charge is -2.45. The zero-order chi connectivity index (χ0) is 43.6. The van der Waals surface area contributed by atoms with Crippen LogP contribution in [0.1, 0.15) is 79.0 Å². The third-order valence-electron chi connectivity index (χ3n) is 13.9. The van der Waals surface area contributed by atoms with E-state index in [4.69, 9.17) is 0 Å². The molecule has 63 heavy (non-hydrogen) atoms. The quantitative estimate of drug-likeness (QED) is 0.129. The van der Waals surface area contributed by atoms with Gasteiger partial charge in [-0.3, -0.25) is 0 Å². The molecule has 308 valence electrons. The van der Waals surface area contributed by atoms with Gasteiger partial charge in [0.15, 0.2) is 0 Å². The molecule has 0 saturated heterocycles. The molecule has 0 saturated carbocycles. The molecule has 0 fully saturated rings. The predicted octanol–water partition coefficient (Wildman–Crippen LogP) is 14.8. The minimum atomic E-state index is -0.0266. The summed E-state index contributed by atoms with van der Waals surface area (Å²) >= 11 is 0. The molecular weight excluding hydrogens is 759 g/mol. The molecular formula is C60H55BN2. The van der Waals surface area contributed by atoms with Gasteiger partial charge in [0.2, 0.25) is 0 Å². The van der Waals surface area contributed by atoms with Crippen LogP contribution in [0.3, 0.4) is 0 Å². The summed E-state index contributed by atoms with van der Waals surface area (Å²) in [5.74, 6) is 0. The van der Waals surface area contributed by atoms with Crippen molar-refractivity contribution < 1.29 is 0 Å². The fraction of sp³-hybridized carbons (Fsp3) is 0.200. The molecule has 2 aliphatic heterocycles. The van der Waals surface area contributed by atoms with Crippen LogP contribution in [0.5, 0.6) is 0 Å². The molecule has 2 aliphatic rings. The summed E-state index contributed by atoms with van der Waals surface area (Å²) in [5.41, 5.74) is 17.8. The Kier molecular flexibility index (Phi) is 8.71. The molecule has 3 heteroatoms. The van der Waals surface area contributed by atoms with Gasteiger partial charge in [0, 0.05) is 34.0 Å². The van der Waals surface area contributed by atoms with Gasteiger partial charge in [0.25, 0.3) is 6.71 Å². The van der Waals surface area contributed by atoms with Gasteiger partial charge in [-0.1, -0.05) is 184 Å². The highest BCUT2D eigenvalue weighted by molar-refractivity contribution is 7.00. The first kappa shape index (κ1) is 39.3. The van der Waals surface area contributed by atoms with Crippen LogP contribution in [0.2, 0.25) is 0 Å². The van der Waals surface area contributed by atoms with Crippen molar-refractivity contribution in [3.63, 3.8) is 0 Å². The highest BCUT2D eigenvalue weighted by atomic mass is 15.2. The Balaban J connectivity index is 1.19. The molecule has 9 aromatic carbocycles. The van der Waals surface area contributed by atoms with Crippen LogP contribution in [0, 0.1) is 0 Å².